The van der Waals surface area contributed by atoms with E-state index in [0.717, 1.165) is 0 Å². The first-order valence-corrected chi connectivity index (χ1v) is 10.7. The Bertz CT molecular complexity index is 936. The number of hydrogen-bond acceptors (Lipinski definition) is 3. The summed E-state index contributed by atoms with van der Waals surface area (Å²) in [4.78, 5) is 40.5. The van der Waals surface area contributed by atoms with Crippen LogP contribution < -0.4 is 5.32 Å². The zero-order valence-corrected chi connectivity index (χ0v) is 17.9. The number of carbonyl (C=O) groups excluding carboxylic acids is 3. The lowest BCUT2D eigenvalue weighted by Gasteiger charge is -2.22. The lowest BCUT2D eigenvalue weighted by Crippen LogP contribution is -2.37. The van der Waals surface area contributed by atoms with Crippen LogP contribution in [0.5, 0.6) is 0 Å². The van der Waals surface area contributed by atoms with Gasteiger partial charge in [0.2, 0.25) is 5.91 Å². The highest BCUT2D eigenvalue weighted by Gasteiger charge is 2.24. The van der Waals surface area contributed by atoms with Gasteiger partial charge in [0.25, 0.3) is 11.8 Å². The largest absolute Gasteiger partial charge is 0.352 e. The van der Waals surface area contributed by atoms with Crippen LogP contribution in [-0.2, 0) is 4.79 Å². The molecule has 6 nitrogen and oxygen atoms in total. The van der Waals surface area contributed by atoms with Crippen LogP contribution >= 0.6 is 11.6 Å². The number of rotatable bonds is 6. The summed E-state index contributed by atoms with van der Waals surface area (Å²) in [5, 5.41) is 3.36. The first-order chi connectivity index (χ1) is 15.0. The molecular weight excluding hydrogens is 421 g/mol. The van der Waals surface area contributed by atoms with E-state index in [1.165, 1.54) is 12.1 Å². The van der Waals surface area contributed by atoms with Crippen LogP contribution in [0.1, 0.15) is 40.0 Å². The van der Waals surface area contributed by atoms with Crippen LogP contribution in [0.15, 0.2) is 48.5 Å². The summed E-state index contributed by atoms with van der Waals surface area (Å²) < 4.78 is 13.9. The van der Waals surface area contributed by atoms with Crippen molar-refractivity contribution < 1.29 is 18.8 Å². The molecule has 2 aromatic rings. The lowest BCUT2D eigenvalue weighted by atomic mass is 10.2. The van der Waals surface area contributed by atoms with Crippen LogP contribution in [0.4, 0.5) is 4.39 Å². The van der Waals surface area contributed by atoms with E-state index in [9.17, 15) is 18.8 Å². The molecule has 0 saturated carbocycles. The average Bonchev–Trinajstić information content (AvgIpc) is 3.03. The first kappa shape index (κ1) is 22.7. The molecule has 0 radical (unpaired) electrons. The van der Waals surface area contributed by atoms with Crippen LogP contribution in [0.25, 0.3) is 0 Å². The summed E-state index contributed by atoms with van der Waals surface area (Å²) in [5.41, 5.74) is 0.571. The summed E-state index contributed by atoms with van der Waals surface area (Å²) in [6.45, 7) is 2.20. The monoisotopic (exact) mass is 445 g/mol. The maximum Gasteiger partial charge on any atom is 0.256 e. The average molecular weight is 446 g/mol. The van der Waals surface area contributed by atoms with Gasteiger partial charge in [0, 0.05) is 49.7 Å². The van der Waals surface area contributed by atoms with Crippen molar-refractivity contribution in [2.75, 3.05) is 32.7 Å². The van der Waals surface area contributed by atoms with E-state index in [2.05, 4.69) is 5.32 Å². The second-order valence-corrected chi connectivity index (χ2v) is 7.81. The minimum Gasteiger partial charge on any atom is -0.352 e. The number of halogens is 2. The SMILES string of the molecule is O=C(NCCCC(=O)N1CCCN(C(=O)c2ccccc2F)CC1)c1ccc(Cl)cc1. The van der Waals surface area contributed by atoms with Crippen LogP contribution in [0, 0.1) is 5.82 Å². The molecule has 1 N–H and O–H groups in total. The summed E-state index contributed by atoms with van der Waals surface area (Å²) in [5.74, 6) is -1.11. The van der Waals surface area contributed by atoms with E-state index in [4.69, 9.17) is 11.6 Å². The van der Waals surface area contributed by atoms with Crippen molar-refractivity contribution in [2.45, 2.75) is 19.3 Å². The Hall–Kier alpha value is -2.93. The molecule has 0 atom stereocenters. The summed E-state index contributed by atoms with van der Waals surface area (Å²) in [7, 11) is 0. The van der Waals surface area contributed by atoms with Crippen LogP contribution in [0.2, 0.25) is 5.02 Å². The molecule has 1 heterocycles. The molecule has 0 unspecified atom stereocenters. The molecule has 164 valence electrons. The Morgan fingerprint density at radius 1 is 0.935 bits per heavy atom. The van der Waals surface area contributed by atoms with Crippen molar-refractivity contribution in [2.24, 2.45) is 0 Å². The van der Waals surface area contributed by atoms with Crippen LogP contribution in [0.3, 0.4) is 0 Å². The molecule has 8 heteroatoms. The van der Waals surface area contributed by atoms with Crippen LogP contribution in [-0.4, -0.2) is 60.2 Å². The number of nitrogens with zero attached hydrogens (tertiary/aromatic N) is 2. The standard InChI is InChI=1S/C23H25ClFN3O3/c24-18-10-8-17(9-11-18)22(30)26-12-3-7-21(29)27-13-4-14-28(16-15-27)23(31)19-5-1-2-6-20(19)25/h1-2,5-6,8-11H,3-4,7,12-16H2,(H,26,30). The lowest BCUT2D eigenvalue weighted by molar-refractivity contribution is -0.131. The second-order valence-electron chi connectivity index (χ2n) is 7.37. The van der Waals surface area contributed by atoms with Crippen molar-refractivity contribution in [3.05, 3.63) is 70.5 Å². The van der Waals surface area contributed by atoms with Crippen molar-refractivity contribution in [3.63, 3.8) is 0 Å². The highest BCUT2D eigenvalue weighted by atomic mass is 35.5. The van der Waals surface area contributed by atoms with E-state index < -0.39 is 5.82 Å². The summed E-state index contributed by atoms with van der Waals surface area (Å²) in [6, 6.07) is 12.5. The van der Waals surface area contributed by atoms with Gasteiger partial charge in [0.15, 0.2) is 0 Å². The highest BCUT2D eigenvalue weighted by Crippen LogP contribution is 2.13. The minimum atomic E-state index is -0.537. The zero-order valence-electron chi connectivity index (χ0n) is 17.2. The maximum atomic E-state index is 13.9. The molecule has 3 rings (SSSR count). The highest BCUT2D eigenvalue weighted by molar-refractivity contribution is 6.30. The maximum absolute atomic E-state index is 13.9. The molecule has 3 amide bonds. The van der Waals surface area contributed by atoms with Gasteiger partial charge in [-0.2, -0.15) is 0 Å². The normalized spacial score (nSPS) is 14.1. The number of benzene rings is 2. The molecule has 0 aromatic heterocycles. The van der Waals surface area contributed by atoms with Gasteiger partial charge in [0.1, 0.15) is 5.82 Å². The number of carbonyl (C=O) groups is 3. The number of amides is 3. The second kappa shape index (κ2) is 10.9. The zero-order chi connectivity index (χ0) is 22.2. The fourth-order valence-corrected chi connectivity index (χ4v) is 3.60. The Balaban J connectivity index is 1.42. The van der Waals surface area contributed by atoms with Gasteiger partial charge in [-0.05, 0) is 49.2 Å². The molecule has 0 aliphatic carbocycles. The van der Waals surface area contributed by atoms with E-state index in [-0.39, 0.29) is 23.3 Å². The van der Waals surface area contributed by atoms with Gasteiger partial charge in [-0.1, -0.05) is 23.7 Å². The molecule has 31 heavy (non-hydrogen) atoms. The van der Waals surface area contributed by atoms with Gasteiger partial charge in [0.05, 0.1) is 5.56 Å². The smallest absolute Gasteiger partial charge is 0.256 e. The predicted octanol–water partition coefficient (Wildman–Crippen LogP) is 3.36. The molecule has 1 aliphatic rings. The van der Waals surface area contributed by atoms with Gasteiger partial charge >= 0.3 is 0 Å². The molecule has 2 aromatic carbocycles. The quantitative estimate of drug-likeness (QED) is 0.693. The molecule has 0 bridgehead atoms. The van der Waals surface area contributed by atoms with E-state index >= 15 is 0 Å². The molecular formula is C23H25ClFN3O3. The van der Waals surface area contributed by atoms with Gasteiger partial charge in [-0.15, -0.1) is 0 Å². The molecule has 1 aliphatic heterocycles. The van der Waals surface area contributed by atoms with E-state index in [0.29, 0.717) is 62.6 Å². The Labute approximate surface area is 186 Å². The van der Waals surface area contributed by atoms with E-state index in [1.807, 2.05) is 0 Å². The first-order valence-electron chi connectivity index (χ1n) is 10.3. The summed E-state index contributed by atoms with van der Waals surface area (Å²) >= 11 is 5.82. The summed E-state index contributed by atoms with van der Waals surface area (Å²) in [6.07, 6.45) is 1.47. The van der Waals surface area contributed by atoms with Crippen molar-refractivity contribution >= 4 is 29.3 Å². The molecule has 1 saturated heterocycles. The van der Waals surface area contributed by atoms with Crippen molar-refractivity contribution in [1.29, 1.82) is 0 Å². The third kappa shape index (κ3) is 6.28. The third-order valence-corrected chi connectivity index (χ3v) is 5.45. The van der Waals surface area contributed by atoms with Gasteiger partial charge < -0.3 is 15.1 Å². The fraction of sp³-hybridized carbons (Fsp3) is 0.348. The topological polar surface area (TPSA) is 69.7 Å². The van der Waals surface area contributed by atoms with E-state index in [1.54, 1.807) is 46.2 Å². The van der Waals surface area contributed by atoms with Gasteiger partial charge in [-0.3, -0.25) is 14.4 Å². The third-order valence-electron chi connectivity index (χ3n) is 5.20. The Kier molecular flexibility index (Phi) is 8.00. The minimum absolute atomic E-state index is 0.0130. The fourth-order valence-electron chi connectivity index (χ4n) is 3.48. The number of nitrogens with one attached hydrogen (secondary N) is 1. The van der Waals surface area contributed by atoms with Gasteiger partial charge in [-0.25, -0.2) is 4.39 Å². The van der Waals surface area contributed by atoms with Crippen molar-refractivity contribution in [3.8, 4) is 0 Å². The van der Waals surface area contributed by atoms with Crippen molar-refractivity contribution in [1.82, 2.24) is 15.1 Å². The Morgan fingerprint density at radius 3 is 2.35 bits per heavy atom. The molecule has 1 fully saturated rings. The Morgan fingerprint density at radius 2 is 1.61 bits per heavy atom. The number of hydrogen-bond donors (Lipinski definition) is 1. The molecule has 0 spiro atoms. The predicted molar refractivity (Wildman–Crippen MR) is 117 cm³/mol.